The molecule has 1 rings (SSSR count). The van der Waals surface area contributed by atoms with Gasteiger partial charge in [-0.05, 0) is 24.8 Å². The summed E-state index contributed by atoms with van der Waals surface area (Å²) in [6.07, 6.45) is 6.71. The van der Waals surface area contributed by atoms with Crippen LogP contribution in [0.3, 0.4) is 0 Å². The molecule has 1 aliphatic carbocycles. The maximum Gasteiger partial charge on any atom is 0.153 e. The van der Waals surface area contributed by atoms with Crippen molar-refractivity contribution in [2.45, 2.75) is 39.0 Å². The molecule has 0 aromatic heterocycles. The molecule has 0 radical (unpaired) electrons. The van der Waals surface area contributed by atoms with Crippen molar-refractivity contribution in [3.8, 4) is 0 Å². The van der Waals surface area contributed by atoms with Crippen molar-refractivity contribution in [2.24, 2.45) is 22.7 Å². The monoisotopic (exact) mass is 213 g/mol. The summed E-state index contributed by atoms with van der Waals surface area (Å²) >= 11 is 0. The van der Waals surface area contributed by atoms with Gasteiger partial charge in [-0.2, -0.15) is 0 Å². The summed E-state index contributed by atoms with van der Waals surface area (Å²) in [6, 6.07) is 0. The van der Waals surface area contributed by atoms with Crippen LogP contribution in [0, 0.1) is 11.8 Å². The molecule has 0 atom stereocenters. The van der Waals surface area contributed by atoms with Crippen molar-refractivity contribution in [1.82, 2.24) is 5.32 Å². The molecule has 0 aromatic carbocycles. The largest absolute Gasteiger partial charge is 0.409 e. The highest BCUT2D eigenvalue weighted by molar-refractivity contribution is 5.81. The van der Waals surface area contributed by atoms with E-state index in [9.17, 15) is 0 Å². The zero-order valence-corrected chi connectivity index (χ0v) is 9.58. The summed E-state index contributed by atoms with van der Waals surface area (Å²) in [5.41, 5.74) is 5.35. The highest BCUT2D eigenvalue weighted by Crippen LogP contribution is 2.29. The lowest BCUT2D eigenvalue weighted by Crippen LogP contribution is -2.30. The molecule has 0 saturated heterocycles. The number of nitrogens with one attached hydrogen (secondary N) is 1. The first kappa shape index (κ1) is 12.3. The third-order valence-corrected chi connectivity index (χ3v) is 3.30. The van der Waals surface area contributed by atoms with Gasteiger partial charge in [-0.15, -0.1) is 0 Å². The summed E-state index contributed by atoms with van der Waals surface area (Å²) in [6.45, 7) is 3.79. The van der Waals surface area contributed by atoms with Gasteiger partial charge < -0.3 is 16.3 Å². The van der Waals surface area contributed by atoms with Gasteiger partial charge in [0.2, 0.25) is 0 Å². The maximum atomic E-state index is 8.33. The van der Waals surface area contributed by atoms with E-state index in [2.05, 4.69) is 17.4 Å². The fourth-order valence-corrected chi connectivity index (χ4v) is 2.18. The Labute approximate surface area is 91.9 Å². The van der Waals surface area contributed by atoms with Crippen LogP contribution in [-0.2, 0) is 0 Å². The van der Waals surface area contributed by atoms with Crippen LogP contribution >= 0.6 is 0 Å². The molecule has 1 aliphatic rings. The summed E-state index contributed by atoms with van der Waals surface area (Å²) in [5, 5.41) is 14.4. The Balaban J connectivity index is 2.01. The smallest absolute Gasteiger partial charge is 0.153 e. The fourth-order valence-electron chi connectivity index (χ4n) is 2.18. The molecular weight excluding hydrogens is 190 g/mol. The molecule has 4 heteroatoms. The quantitative estimate of drug-likeness (QED) is 0.213. The average Bonchev–Trinajstić information content (AvgIpc) is 2.26. The Kier molecular flexibility index (Phi) is 5.47. The van der Waals surface area contributed by atoms with E-state index in [1.165, 1.54) is 32.1 Å². The van der Waals surface area contributed by atoms with Crippen molar-refractivity contribution in [2.75, 3.05) is 13.1 Å². The van der Waals surface area contributed by atoms with Gasteiger partial charge in [0.15, 0.2) is 5.84 Å². The van der Waals surface area contributed by atoms with Crippen LogP contribution < -0.4 is 11.1 Å². The minimum Gasteiger partial charge on any atom is -0.409 e. The predicted octanol–water partition coefficient (Wildman–Crippen LogP) is 1.54. The summed E-state index contributed by atoms with van der Waals surface area (Å²) in [4.78, 5) is 0. The van der Waals surface area contributed by atoms with Crippen molar-refractivity contribution in [3.05, 3.63) is 0 Å². The first-order valence-electron chi connectivity index (χ1n) is 5.89. The molecule has 0 heterocycles. The van der Waals surface area contributed by atoms with Crippen LogP contribution in [0.25, 0.3) is 0 Å². The molecule has 88 valence electrons. The van der Waals surface area contributed by atoms with E-state index in [1.807, 2.05) is 0 Å². The molecule has 0 spiro atoms. The molecule has 4 N–H and O–H groups in total. The van der Waals surface area contributed by atoms with Gasteiger partial charge in [-0.3, -0.25) is 0 Å². The Bertz CT molecular complexity index is 198. The third kappa shape index (κ3) is 5.02. The number of oxime groups is 1. The van der Waals surface area contributed by atoms with Crippen LogP contribution in [0.5, 0.6) is 0 Å². The minimum atomic E-state index is 0.257. The van der Waals surface area contributed by atoms with E-state index in [0.29, 0.717) is 6.54 Å². The van der Waals surface area contributed by atoms with Crippen LogP contribution in [-0.4, -0.2) is 24.1 Å². The highest BCUT2D eigenvalue weighted by atomic mass is 16.4. The average molecular weight is 213 g/mol. The van der Waals surface area contributed by atoms with Crippen molar-refractivity contribution >= 4 is 5.84 Å². The molecule has 1 fully saturated rings. The standard InChI is InChI=1S/C11H23N3O/c1-9-2-4-10(5-3-9)6-7-13-8-11(12)14-15/h9-10,13,15H,2-8H2,1H3,(H2,12,14). The first-order valence-corrected chi connectivity index (χ1v) is 5.89. The maximum absolute atomic E-state index is 8.33. The van der Waals surface area contributed by atoms with Crippen molar-refractivity contribution < 1.29 is 5.21 Å². The first-order chi connectivity index (χ1) is 7.22. The van der Waals surface area contributed by atoms with E-state index in [-0.39, 0.29) is 5.84 Å². The SMILES string of the molecule is CC1CCC(CCNCC(N)=NO)CC1. The highest BCUT2D eigenvalue weighted by Gasteiger charge is 2.17. The predicted molar refractivity (Wildman–Crippen MR) is 62.0 cm³/mol. The Morgan fingerprint density at radius 2 is 2.07 bits per heavy atom. The van der Waals surface area contributed by atoms with Crippen molar-refractivity contribution in [1.29, 1.82) is 0 Å². The Morgan fingerprint density at radius 1 is 1.40 bits per heavy atom. The zero-order valence-electron chi connectivity index (χ0n) is 9.58. The molecule has 15 heavy (non-hydrogen) atoms. The van der Waals surface area contributed by atoms with E-state index >= 15 is 0 Å². The molecule has 0 amide bonds. The van der Waals surface area contributed by atoms with E-state index in [4.69, 9.17) is 10.9 Å². The number of nitrogens with zero attached hydrogens (tertiary/aromatic N) is 1. The number of rotatable bonds is 5. The molecule has 0 aliphatic heterocycles. The molecule has 0 unspecified atom stereocenters. The Morgan fingerprint density at radius 3 is 2.67 bits per heavy atom. The summed E-state index contributed by atoms with van der Waals surface area (Å²) in [7, 11) is 0. The van der Waals surface area contributed by atoms with Gasteiger partial charge in [0.1, 0.15) is 0 Å². The van der Waals surface area contributed by atoms with Gasteiger partial charge >= 0.3 is 0 Å². The van der Waals surface area contributed by atoms with Gasteiger partial charge in [0.25, 0.3) is 0 Å². The van der Waals surface area contributed by atoms with Gasteiger partial charge in [-0.1, -0.05) is 37.8 Å². The lowest BCUT2D eigenvalue weighted by atomic mass is 9.81. The van der Waals surface area contributed by atoms with Crippen LogP contribution in [0.4, 0.5) is 0 Å². The van der Waals surface area contributed by atoms with Gasteiger partial charge in [0.05, 0.1) is 6.54 Å². The number of amidine groups is 1. The van der Waals surface area contributed by atoms with E-state index < -0.39 is 0 Å². The van der Waals surface area contributed by atoms with E-state index in [0.717, 1.165) is 18.4 Å². The number of nitrogens with two attached hydrogens (primary N) is 1. The molecule has 4 nitrogen and oxygen atoms in total. The van der Waals surface area contributed by atoms with Gasteiger partial charge in [-0.25, -0.2) is 0 Å². The minimum absolute atomic E-state index is 0.257. The zero-order chi connectivity index (χ0) is 11.1. The van der Waals surface area contributed by atoms with Gasteiger partial charge in [0, 0.05) is 0 Å². The second-order valence-electron chi connectivity index (χ2n) is 4.68. The summed E-state index contributed by atoms with van der Waals surface area (Å²) in [5.74, 6) is 2.06. The van der Waals surface area contributed by atoms with Crippen molar-refractivity contribution in [3.63, 3.8) is 0 Å². The molecule has 1 saturated carbocycles. The fraction of sp³-hybridized carbons (Fsp3) is 0.909. The molecule has 0 bridgehead atoms. The van der Waals surface area contributed by atoms with E-state index in [1.54, 1.807) is 0 Å². The molecule has 0 aromatic rings. The third-order valence-electron chi connectivity index (χ3n) is 3.30. The Hall–Kier alpha value is -0.770. The van der Waals surface area contributed by atoms with Crippen LogP contribution in [0.15, 0.2) is 5.16 Å². The topological polar surface area (TPSA) is 70.6 Å². The molecular formula is C11H23N3O. The van der Waals surface area contributed by atoms with Crippen LogP contribution in [0.2, 0.25) is 0 Å². The number of hydrogen-bond acceptors (Lipinski definition) is 3. The van der Waals surface area contributed by atoms with Crippen LogP contribution in [0.1, 0.15) is 39.0 Å². The second-order valence-corrected chi connectivity index (χ2v) is 4.68. The lowest BCUT2D eigenvalue weighted by molar-refractivity contribution is 0.276. The lowest BCUT2D eigenvalue weighted by Gasteiger charge is -2.26. The second kappa shape index (κ2) is 6.67. The number of hydrogen-bond donors (Lipinski definition) is 3. The normalized spacial score (nSPS) is 27.9. The summed E-state index contributed by atoms with van der Waals surface area (Å²) < 4.78 is 0.